The highest BCUT2D eigenvalue weighted by Gasteiger charge is 2.16. The molecule has 2 aromatic carbocycles. The Morgan fingerprint density at radius 1 is 1.20 bits per heavy atom. The highest BCUT2D eigenvalue weighted by atomic mass is 16.5. The molecule has 0 atom stereocenters. The van der Waals surface area contributed by atoms with Gasteiger partial charge in [0.1, 0.15) is 17.1 Å². The number of methoxy groups -OCH3 is 1. The Balaban J connectivity index is 1.98. The van der Waals surface area contributed by atoms with E-state index < -0.39 is 0 Å². The third-order valence-electron chi connectivity index (χ3n) is 4.03. The first kappa shape index (κ1) is 16.8. The largest absolute Gasteiger partial charge is 0.497 e. The van der Waals surface area contributed by atoms with Crippen molar-refractivity contribution in [3.05, 3.63) is 66.2 Å². The van der Waals surface area contributed by atoms with Gasteiger partial charge in [-0.1, -0.05) is 36.4 Å². The van der Waals surface area contributed by atoms with Crippen molar-refractivity contribution in [1.29, 1.82) is 0 Å². The predicted molar refractivity (Wildman–Crippen MR) is 99.7 cm³/mol. The fourth-order valence-corrected chi connectivity index (χ4v) is 2.85. The Morgan fingerprint density at radius 2 is 2.00 bits per heavy atom. The molecule has 0 spiro atoms. The SMILES string of the molecule is CC=CC(=O)NCCc1c(-c2ccccc2)oc2ccc(OC)cc12. The fraction of sp³-hybridized carbons (Fsp3) is 0.190. The van der Waals surface area contributed by atoms with E-state index in [0.29, 0.717) is 13.0 Å². The van der Waals surface area contributed by atoms with E-state index >= 15 is 0 Å². The Kier molecular flexibility index (Phi) is 5.19. The summed E-state index contributed by atoms with van der Waals surface area (Å²) in [6, 6.07) is 15.8. The molecule has 0 fully saturated rings. The third kappa shape index (κ3) is 3.74. The van der Waals surface area contributed by atoms with Crippen molar-refractivity contribution in [2.24, 2.45) is 0 Å². The van der Waals surface area contributed by atoms with Crippen molar-refractivity contribution in [2.45, 2.75) is 13.3 Å². The van der Waals surface area contributed by atoms with Crippen molar-refractivity contribution >= 4 is 16.9 Å². The maximum atomic E-state index is 11.6. The molecule has 128 valence electrons. The number of benzene rings is 2. The van der Waals surface area contributed by atoms with E-state index in [0.717, 1.165) is 33.6 Å². The highest BCUT2D eigenvalue weighted by molar-refractivity contribution is 5.90. The van der Waals surface area contributed by atoms with Gasteiger partial charge in [-0.15, -0.1) is 0 Å². The molecule has 0 radical (unpaired) electrons. The summed E-state index contributed by atoms with van der Waals surface area (Å²) < 4.78 is 11.5. The third-order valence-corrected chi connectivity index (χ3v) is 4.03. The molecule has 0 saturated carbocycles. The van der Waals surface area contributed by atoms with Crippen molar-refractivity contribution in [1.82, 2.24) is 5.32 Å². The molecule has 1 aromatic heterocycles. The van der Waals surface area contributed by atoms with Gasteiger partial charge in [0, 0.05) is 23.1 Å². The fourth-order valence-electron chi connectivity index (χ4n) is 2.85. The van der Waals surface area contributed by atoms with Crippen molar-refractivity contribution < 1.29 is 13.9 Å². The number of fused-ring (bicyclic) bond motifs is 1. The molecule has 0 unspecified atom stereocenters. The van der Waals surface area contributed by atoms with E-state index in [9.17, 15) is 4.79 Å². The van der Waals surface area contributed by atoms with Crippen LogP contribution in [0.5, 0.6) is 5.75 Å². The van der Waals surface area contributed by atoms with Gasteiger partial charge in [0.05, 0.1) is 7.11 Å². The van der Waals surface area contributed by atoms with Crippen LogP contribution in [0.3, 0.4) is 0 Å². The molecular formula is C21H21NO3. The predicted octanol–water partition coefficient (Wildman–Crippen LogP) is 4.34. The molecule has 0 aliphatic carbocycles. The lowest BCUT2D eigenvalue weighted by molar-refractivity contribution is -0.116. The quantitative estimate of drug-likeness (QED) is 0.682. The highest BCUT2D eigenvalue weighted by Crippen LogP contribution is 2.35. The Hall–Kier alpha value is -3.01. The van der Waals surface area contributed by atoms with Gasteiger partial charge >= 0.3 is 0 Å². The number of nitrogens with one attached hydrogen (secondary N) is 1. The van der Waals surface area contributed by atoms with E-state index in [1.165, 1.54) is 6.08 Å². The lowest BCUT2D eigenvalue weighted by atomic mass is 10.0. The van der Waals surface area contributed by atoms with E-state index in [-0.39, 0.29) is 5.91 Å². The van der Waals surface area contributed by atoms with Crippen LogP contribution in [0.4, 0.5) is 0 Å². The number of rotatable bonds is 6. The maximum absolute atomic E-state index is 11.6. The van der Waals surface area contributed by atoms with Gasteiger partial charge in [-0.3, -0.25) is 4.79 Å². The Morgan fingerprint density at radius 3 is 2.72 bits per heavy atom. The Labute approximate surface area is 147 Å². The van der Waals surface area contributed by atoms with Crippen LogP contribution in [0.1, 0.15) is 12.5 Å². The number of hydrogen-bond donors (Lipinski definition) is 1. The van der Waals surface area contributed by atoms with Gasteiger partial charge < -0.3 is 14.5 Å². The van der Waals surface area contributed by atoms with Crippen LogP contribution in [-0.4, -0.2) is 19.6 Å². The van der Waals surface area contributed by atoms with Crippen LogP contribution in [0, 0.1) is 0 Å². The Bertz CT molecular complexity index is 894. The second kappa shape index (κ2) is 7.71. The zero-order valence-electron chi connectivity index (χ0n) is 14.4. The van der Waals surface area contributed by atoms with Crippen LogP contribution in [-0.2, 0) is 11.2 Å². The molecular weight excluding hydrogens is 314 g/mol. The molecule has 0 aliphatic heterocycles. The molecule has 0 aliphatic rings. The number of carbonyl (C=O) groups is 1. The van der Waals surface area contributed by atoms with Crippen LogP contribution in [0.2, 0.25) is 0 Å². The molecule has 0 saturated heterocycles. The monoisotopic (exact) mass is 335 g/mol. The van der Waals surface area contributed by atoms with E-state index in [2.05, 4.69) is 5.32 Å². The van der Waals surface area contributed by atoms with Gasteiger partial charge in [0.2, 0.25) is 5.91 Å². The number of ether oxygens (including phenoxy) is 1. The first-order valence-electron chi connectivity index (χ1n) is 8.28. The smallest absolute Gasteiger partial charge is 0.243 e. The molecule has 3 rings (SSSR count). The first-order chi connectivity index (χ1) is 12.2. The van der Waals surface area contributed by atoms with Crippen molar-refractivity contribution in [2.75, 3.05) is 13.7 Å². The molecule has 1 amide bonds. The van der Waals surface area contributed by atoms with Crippen molar-refractivity contribution in [3.8, 4) is 17.1 Å². The summed E-state index contributed by atoms with van der Waals surface area (Å²) in [5.41, 5.74) is 2.91. The molecule has 25 heavy (non-hydrogen) atoms. The second-order valence-electron chi connectivity index (χ2n) is 5.68. The van der Waals surface area contributed by atoms with E-state index in [1.54, 1.807) is 13.2 Å². The number of amides is 1. The lowest BCUT2D eigenvalue weighted by Crippen LogP contribution is -2.23. The molecule has 4 heteroatoms. The summed E-state index contributed by atoms with van der Waals surface area (Å²) in [7, 11) is 1.65. The number of allylic oxidation sites excluding steroid dienone is 1. The maximum Gasteiger partial charge on any atom is 0.243 e. The van der Waals surface area contributed by atoms with Gasteiger partial charge in [-0.05, 0) is 37.6 Å². The van der Waals surface area contributed by atoms with Gasteiger partial charge in [0.15, 0.2) is 0 Å². The molecule has 4 nitrogen and oxygen atoms in total. The van der Waals surface area contributed by atoms with E-state index in [4.69, 9.17) is 9.15 Å². The first-order valence-corrected chi connectivity index (χ1v) is 8.28. The number of carbonyl (C=O) groups excluding carboxylic acids is 1. The van der Waals surface area contributed by atoms with Crippen LogP contribution in [0.25, 0.3) is 22.3 Å². The van der Waals surface area contributed by atoms with Gasteiger partial charge in [0.25, 0.3) is 0 Å². The standard InChI is InChI=1S/C21H21NO3/c1-3-7-20(23)22-13-12-17-18-14-16(24-2)10-11-19(18)25-21(17)15-8-5-4-6-9-15/h3-11,14H,12-13H2,1-2H3,(H,22,23). The zero-order chi connectivity index (χ0) is 17.6. The van der Waals surface area contributed by atoms with Crippen molar-refractivity contribution in [3.63, 3.8) is 0 Å². The minimum atomic E-state index is -0.0888. The lowest BCUT2D eigenvalue weighted by Gasteiger charge is -2.05. The van der Waals surface area contributed by atoms with Crippen LogP contribution < -0.4 is 10.1 Å². The zero-order valence-corrected chi connectivity index (χ0v) is 14.4. The number of furan rings is 1. The summed E-state index contributed by atoms with van der Waals surface area (Å²) in [6.07, 6.45) is 3.92. The normalized spacial score (nSPS) is 11.1. The average molecular weight is 335 g/mol. The molecule has 1 N–H and O–H groups in total. The summed E-state index contributed by atoms with van der Waals surface area (Å²) in [5, 5.41) is 3.91. The van der Waals surface area contributed by atoms with Crippen LogP contribution >= 0.6 is 0 Å². The molecule has 3 aromatic rings. The summed E-state index contributed by atoms with van der Waals surface area (Å²) in [4.78, 5) is 11.6. The number of hydrogen-bond acceptors (Lipinski definition) is 3. The second-order valence-corrected chi connectivity index (χ2v) is 5.68. The minimum Gasteiger partial charge on any atom is -0.497 e. The van der Waals surface area contributed by atoms with Crippen LogP contribution in [0.15, 0.2) is 65.1 Å². The average Bonchev–Trinajstić information content (AvgIpc) is 3.00. The molecule has 0 bridgehead atoms. The minimum absolute atomic E-state index is 0.0888. The van der Waals surface area contributed by atoms with Gasteiger partial charge in [-0.25, -0.2) is 0 Å². The molecule has 1 heterocycles. The topological polar surface area (TPSA) is 51.5 Å². The van der Waals surface area contributed by atoms with Gasteiger partial charge in [-0.2, -0.15) is 0 Å². The van der Waals surface area contributed by atoms with E-state index in [1.807, 2.05) is 55.5 Å². The summed E-state index contributed by atoms with van der Waals surface area (Å²) in [5.74, 6) is 1.53. The summed E-state index contributed by atoms with van der Waals surface area (Å²) >= 11 is 0. The summed E-state index contributed by atoms with van der Waals surface area (Å²) in [6.45, 7) is 2.36.